The summed E-state index contributed by atoms with van der Waals surface area (Å²) < 4.78 is 0.887. The monoisotopic (exact) mass is 315 g/mol. The molecule has 2 aromatic heterocycles. The molecule has 3 aromatic rings. The molecule has 3 nitrogen and oxygen atoms in total. The molecule has 0 fully saturated rings. The molecule has 0 saturated carbocycles. The molecule has 1 aliphatic carbocycles. The second kappa shape index (κ2) is 5.28. The SMILES string of the molecule is Clc1cc2c(s1)CCCC2Nc1ccc2nccnc2c1. The van der Waals surface area contributed by atoms with Gasteiger partial charge in [-0.05, 0) is 49.1 Å². The van der Waals surface area contributed by atoms with E-state index in [0.29, 0.717) is 6.04 Å². The Kier molecular flexibility index (Phi) is 3.28. The highest BCUT2D eigenvalue weighted by atomic mass is 35.5. The van der Waals surface area contributed by atoms with E-state index >= 15 is 0 Å². The molecule has 1 unspecified atom stereocenters. The number of nitrogens with zero attached hydrogens (tertiary/aromatic N) is 2. The molecule has 0 aliphatic heterocycles. The number of aromatic nitrogens is 2. The van der Waals surface area contributed by atoms with Crippen LogP contribution in [0.5, 0.6) is 0 Å². The Hall–Kier alpha value is -1.65. The van der Waals surface area contributed by atoms with Crippen molar-refractivity contribution in [2.24, 2.45) is 0 Å². The van der Waals surface area contributed by atoms with E-state index in [0.717, 1.165) is 33.9 Å². The minimum absolute atomic E-state index is 0.339. The van der Waals surface area contributed by atoms with Gasteiger partial charge in [-0.1, -0.05) is 11.6 Å². The lowest BCUT2D eigenvalue weighted by molar-refractivity contribution is 0.609. The summed E-state index contributed by atoms with van der Waals surface area (Å²) in [6.07, 6.45) is 6.93. The third kappa shape index (κ3) is 2.49. The van der Waals surface area contributed by atoms with Crippen molar-refractivity contribution in [1.82, 2.24) is 9.97 Å². The number of halogens is 1. The summed E-state index contributed by atoms with van der Waals surface area (Å²) in [4.78, 5) is 10.1. The van der Waals surface area contributed by atoms with E-state index < -0.39 is 0 Å². The Labute approximate surface area is 132 Å². The smallest absolute Gasteiger partial charge is 0.0934 e. The summed E-state index contributed by atoms with van der Waals surface area (Å²) in [7, 11) is 0. The molecule has 0 bridgehead atoms. The molecule has 0 amide bonds. The van der Waals surface area contributed by atoms with Gasteiger partial charge in [0.15, 0.2) is 0 Å². The summed E-state index contributed by atoms with van der Waals surface area (Å²) in [5.74, 6) is 0. The van der Waals surface area contributed by atoms with Crippen LogP contribution in [-0.4, -0.2) is 9.97 Å². The fraction of sp³-hybridized carbons (Fsp3) is 0.250. The van der Waals surface area contributed by atoms with Crippen molar-refractivity contribution in [3.05, 3.63) is 51.4 Å². The molecule has 1 aliphatic rings. The van der Waals surface area contributed by atoms with Crippen LogP contribution < -0.4 is 5.32 Å². The van der Waals surface area contributed by atoms with Crippen molar-refractivity contribution in [3.8, 4) is 0 Å². The first kappa shape index (κ1) is 13.0. The minimum atomic E-state index is 0.339. The number of benzene rings is 1. The van der Waals surface area contributed by atoms with Gasteiger partial charge in [-0.15, -0.1) is 11.3 Å². The fourth-order valence-electron chi connectivity index (χ4n) is 2.93. The lowest BCUT2D eigenvalue weighted by Crippen LogP contribution is -2.15. The second-order valence-electron chi connectivity index (χ2n) is 5.28. The lowest BCUT2D eigenvalue weighted by Gasteiger charge is -2.24. The molecule has 106 valence electrons. The summed E-state index contributed by atoms with van der Waals surface area (Å²) in [6, 6.07) is 8.59. The first-order valence-corrected chi connectivity index (χ1v) is 8.24. The summed E-state index contributed by atoms with van der Waals surface area (Å²) in [6.45, 7) is 0. The normalized spacial score (nSPS) is 17.7. The van der Waals surface area contributed by atoms with Crippen molar-refractivity contribution in [3.63, 3.8) is 0 Å². The highest BCUT2D eigenvalue weighted by Gasteiger charge is 2.22. The molecule has 1 atom stereocenters. The van der Waals surface area contributed by atoms with E-state index in [2.05, 4.69) is 33.5 Å². The van der Waals surface area contributed by atoms with Gasteiger partial charge in [-0.2, -0.15) is 0 Å². The average Bonchev–Trinajstić information content (AvgIpc) is 2.89. The second-order valence-corrected chi connectivity index (χ2v) is 7.05. The zero-order valence-electron chi connectivity index (χ0n) is 11.3. The van der Waals surface area contributed by atoms with Crippen LogP contribution in [0, 0.1) is 0 Å². The molecule has 0 saturated heterocycles. The molecule has 4 rings (SSSR count). The topological polar surface area (TPSA) is 37.8 Å². The molecule has 0 spiro atoms. The Bertz CT molecular complexity index is 799. The maximum atomic E-state index is 6.17. The van der Waals surface area contributed by atoms with Crippen LogP contribution in [0.4, 0.5) is 5.69 Å². The van der Waals surface area contributed by atoms with Crippen LogP contribution in [-0.2, 0) is 6.42 Å². The summed E-state index contributed by atoms with van der Waals surface area (Å²) in [5, 5.41) is 3.62. The standard InChI is InChI=1S/C16H14ClN3S/c17-16-9-11-12(2-1-3-15(11)21-16)20-10-4-5-13-14(8-10)19-7-6-18-13/h4-9,12,20H,1-3H2. The van der Waals surface area contributed by atoms with Gasteiger partial charge in [0, 0.05) is 23.0 Å². The zero-order valence-corrected chi connectivity index (χ0v) is 12.9. The summed E-state index contributed by atoms with van der Waals surface area (Å²) in [5.41, 5.74) is 4.28. The van der Waals surface area contributed by atoms with Crippen LogP contribution in [0.15, 0.2) is 36.7 Å². The Morgan fingerprint density at radius 2 is 2.00 bits per heavy atom. The van der Waals surface area contributed by atoms with Gasteiger partial charge in [-0.25, -0.2) is 0 Å². The van der Waals surface area contributed by atoms with Crippen LogP contribution in [0.3, 0.4) is 0 Å². The maximum Gasteiger partial charge on any atom is 0.0934 e. The van der Waals surface area contributed by atoms with Crippen molar-refractivity contribution in [1.29, 1.82) is 0 Å². The number of fused-ring (bicyclic) bond motifs is 2. The van der Waals surface area contributed by atoms with Gasteiger partial charge < -0.3 is 5.32 Å². The molecule has 2 heterocycles. The van der Waals surface area contributed by atoms with Gasteiger partial charge in [0.25, 0.3) is 0 Å². The van der Waals surface area contributed by atoms with E-state index in [4.69, 9.17) is 11.6 Å². The molecular weight excluding hydrogens is 302 g/mol. The minimum Gasteiger partial charge on any atom is -0.378 e. The lowest BCUT2D eigenvalue weighted by atomic mass is 9.94. The number of rotatable bonds is 2. The van der Waals surface area contributed by atoms with Gasteiger partial charge in [0.1, 0.15) is 0 Å². The molecule has 5 heteroatoms. The van der Waals surface area contributed by atoms with E-state index in [1.807, 2.05) is 6.07 Å². The van der Waals surface area contributed by atoms with Gasteiger partial charge in [0.2, 0.25) is 0 Å². The van der Waals surface area contributed by atoms with Gasteiger partial charge in [0.05, 0.1) is 21.4 Å². The molecule has 21 heavy (non-hydrogen) atoms. The molecule has 1 N–H and O–H groups in total. The maximum absolute atomic E-state index is 6.17. The number of nitrogens with one attached hydrogen (secondary N) is 1. The summed E-state index contributed by atoms with van der Waals surface area (Å²) >= 11 is 7.88. The van der Waals surface area contributed by atoms with E-state index in [-0.39, 0.29) is 0 Å². The van der Waals surface area contributed by atoms with E-state index in [9.17, 15) is 0 Å². The fourth-order valence-corrected chi connectivity index (χ4v) is 4.31. The van der Waals surface area contributed by atoms with Crippen molar-refractivity contribution in [2.45, 2.75) is 25.3 Å². The molecule has 1 aromatic carbocycles. The van der Waals surface area contributed by atoms with Crippen LogP contribution in [0.2, 0.25) is 4.34 Å². The quantitative estimate of drug-likeness (QED) is 0.735. The van der Waals surface area contributed by atoms with Crippen molar-refractivity contribution >= 4 is 39.7 Å². The number of aryl methyl sites for hydroxylation is 1. The van der Waals surface area contributed by atoms with Crippen LogP contribution in [0.25, 0.3) is 11.0 Å². The third-order valence-corrected chi connectivity index (χ3v) is 5.23. The third-order valence-electron chi connectivity index (χ3n) is 3.89. The average molecular weight is 316 g/mol. The zero-order chi connectivity index (χ0) is 14.2. The van der Waals surface area contributed by atoms with Crippen LogP contribution >= 0.6 is 22.9 Å². The van der Waals surface area contributed by atoms with Crippen molar-refractivity contribution in [2.75, 3.05) is 5.32 Å². The Morgan fingerprint density at radius 3 is 2.90 bits per heavy atom. The van der Waals surface area contributed by atoms with Crippen molar-refractivity contribution < 1.29 is 0 Å². The number of anilines is 1. The number of hydrogen-bond donors (Lipinski definition) is 1. The van der Waals surface area contributed by atoms with E-state index in [1.54, 1.807) is 23.7 Å². The van der Waals surface area contributed by atoms with Gasteiger partial charge in [-0.3, -0.25) is 9.97 Å². The largest absolute Gasteiger partial charge is 0.378 e. The number of hydrogen-bond acceptors (Lipinski definition) is 4. The van der Waals surface area contributed by atoms with Crippen LogP contribution in [0.1, 0.15) is 29.3 Å². The predicted molar refractivity (Wildman–Crippen MR) is 88.2 cm³/mol. The Balaban J connectivity index is 1.66. The molecule has 0 radical (unpaired) electrons. The first-order valence-electron chi connectivity index (χ1n) is 7.05. The first-order chi connectivity index (χ1) is 10.3. The molecular formula is C16H14ClN3S. The predicted octanol–water partition coefficient (Wildman–Crippen LogP) is 4.83. The van der Waals surface area contributed by atoms with E-state index in [1.165, 1.54) is 16.9 Å². The Morgan fingerprint density at radius 1 is 1.14 bits per heavy atom. The highest BCUT2D eigenvalue weighted by Crippen LogP contribution is 2.39. The number of thiophene rings is 1. The van der Waals surface area contributed by atoms with Gasteiger partial charge >= 0.3 is 0 Å². The highest BCUT2D eigenvalue weighted by molar-refractivity contribution is 7.16.